The van der Waals surface area contributed by atoms with Crippen molar-refractivity contribution in [3.63, 3.8) is 0 Å². The van der Waals surface area contributed by atoms with Crippen LogP contribution in [0.25, 0.3) is 55.6 Å². The molecule has 53 heavy (non-hydrogen) atoms. The number of fused-ring (bicyclic) bond motifs is 8. The topological polar surface area (TPSA) is 12.5 Å². The average Bonchev–Trinajstić information content (AvgIpc) is 3.35. The van der Waals surface area contributed by atoms with Gasteiger partial charge in [0.1, 0.15) is 11.5 Å². The summed E-state index contributed by atoms with van der Waals surface area (Å²) in [5, 5.41) is 0. The third kappa shape index (κ3) is 5.18. The molecule has 2 aliphatic rings. The highest BCUT2D eigenvalue weighted by Gasteiger charge is 2.36. The molecule has 0 spiro atoms. The third-order valence-electron chi connectivity index (χ3n) is 11.1. The largest absolute Gasteiger partial charge is 0.456 e. The molecule has 0 radical (unpaired) electrons. The molecule has 0 saturated carbocycles. The van der Waals surface area contributed by atoms with Crippen LogP contribution in [0.4, 0.5) is 17.1 Å². The fourth-order valence-electron chi connectivity index (χ4n) is 8.40. The van der Waals surface area contributed by atoms with Crippen molar-refractivity contribution in [2.45, 2.75) is 19.3 Å². The molecule has 0 N–H and O–H groups in total. The maximum absolute atomic E-state index is 6.76. The normalized spacial score (nSPS) is 13.0. The van der Waals surface area contributed by atoms with Crippen LogP contribution < -0.4 is 9.64 Å². The molecule has 10 rings (SSSR count). The Hall–Kier alpha value is -6.64. The first kappa shape index (κ1) is 31.1. The number of hydrogen-bond donors (Lipinski definition) is 0. The van der Waals surface area contributed by atoms with Crippen LogP contribution in [0, 0.1) is 0 Å². The van der Waals surface area contributed by atoms with Gasteiger partial charge in [-0.05, 0) is 110 Å². The SMILES string of the molecule is CC1(C)c2ccccc2-c2ccc(N(c3cccc(-c4ccccc4)c3)c3ccc4c(c3)-c3cc(-c5ccccc5)ccc3-c3ccccc3O4)cc21. The summed E-state index contributed by atoms with van der Waals surface area (Å²) in [7, 11) is 0. The number of benzene rings is 8. The predicted molar refractivity (Wildman–Crippen MR) is 221 cm³/mol. The van der Waals surface area contributed by atoms with E-state index in [1.165, 1.54) is 44.5 Å². The van der Waals surface area contributed by atoms with Crippen molar-refractivity contribution in [1.82, 2.24) is 0 Å². The number of anilines is 3. The monoisotopic (exact) mass is 679 g/mol. The second kappa shape index (κ2) is 12.3. The van der Waals surface area contributed by atoms with E-state index in [0.717, 1.165) is 50.8 Å². The van der Waals surface area contributed by atoms with Gasteiger partial charge >= 0.3 is 0 Å². The molecule has 0 saturated heterocycles. The molecular weight excluding hydrogens is 643 g/mol. The third-order valence-corrected chi connectivity index (χ3v) is 11.1. The minimum Gasteiger partial charge on any atom is -0.456 e. The van der Waals surface area contributed by atoms with Crippen molar-refractivity contribution in [2.24, 2.45) is 0 Å². The quantitative estimate of drug-likeness (QED) is 0.180. The summed E-state index contributed by atoms with van der Waals surface area (Å²) >= 11 is 0. The predicted octanol–water partition coefficient (Wildman–Crippen LogP) is 14.2. The van der Waals surface area contributed by atoms with Crippen LogP contribution in [0.2, 0.25) is 0 Å². The Bertz CT molecular complexity index is 2670. The maximum atomic E-state index is 6.76. The van der Waals surface area contributed by atoms with E-state index in [9.17, 15) is 0 Å². The molecule has 0 aromatic heterocycles. The van der Waals surface area contributed by atoms with E-state index in [0.29, 0.717) is 0 Å². The fourth-order valence-corrected chi connectivity index (χ4v) is 8.40. The Labute approximate surface area is 311 Å². The average molecular weight is 680 g/mol. The van der Waals surface area contributed by atoms with Gasteiger partial charge in [-0.3, -0.25) is 0 Å². The molecule has 8 aromatic carbocycles. The van der Waals surface area contributed by atoms with E-state index in [-0.39, 0.29) is 5.41 Å². The number of rotatable bonds is 5. The minimum atomic E-state index is -0.125. The van der Waals surface area contributed by atoms with Crippen molar-refractivity contribution >= 4 is 17.1 Å². The fraction of sp³-hybridized carbons (Fsp3) is 0.0588. The first-order valence-corrected chi connectivity index (χ1v) is 18.3. The van der Waals surface area contributed by atoms with Gasteiger partial charge in [0.25, 0.3) is 0 Å². The lowest BCUT2D eigenvalue weighted by molar-refractivity contribution is 0.488. The summed E-state index contributed by atoms with van der Waals surface area (Å²) in [6.45, 7) is 4.70. The lowest BCUT2D eigenvalue weighted by atomic mass is 9.82. The molecule has 1 aliphatic carbocycles. The molecule has 252 valence electrons. The van der Waals surface area contributed by atoms with E-state index < -0.39 is 0 Å². The second-order valence-electron chi connectivity index (χ2n) is 14.6. The lowest BCUT2D eigenvalue weighted by Crippen LogP contribution is -2.16. The van der Waals surface area contributed by atoms with Crippen LogP contribution >= 0.6 is 0 Å². The van der Waals surface area contributed by atoms with Gasteiger partial charge in [0.2, 0.25) is 0 Å². The summed E-state index contributed by atoms with van der Waals surface area (Å²) < 4.78 is 6.76. The van der Waals surface area contributed by atoms with Gasteiger partial charge < -0.3 is 9.64 Å². The summed E-state index contributed by atoms with van der Waals surface area (Å²) in [5.41, 5.74) is 17.7. The van der Waals surface area contributed by atoms with Crippen molar-refractivity contribution in [3.8, 4) is 67.1 Å². The second-order valence-corrected chi connectivity index (χ2v) is 14.6. The number of para-hydroxylation sites is 1. The van der Waals surface area contributed by atoms with Crippen LogP contribution in [0.5, 0.6) is 11.5 Å². The van der Waals surface area contributed by atoms with Gasteiger partial charge in [0.05, 0.1) is 0 Å². The zero-order valence-corrected chi connectivity index (χ0v) is 29.8. The van der Waals surface area contributed by atoms with Crippen LogP contribution in [0.1, 0.15) is 25.0 Å². The van der Waals surface area contributed by atoms with Gasteiger partial charge in [0.15, 0.2) is 0 Å². The molecule has 8 aromatic rings. The molecule has 0 fully saturated rings. The van der Waals surface area contributed by atoms with Crippen LogP contribution in [-0.2, 0) is 5.41 Å². The maximum Gasteiger partial charge on any atom is 0.135 e. The molecular formula is C51H37NO. The molecule has 1 heterocycles. The van der Waals surface area contributed by atoms with Gasteiger partial charge in [-0.1, -0.05) is 147 Å². The van der Waals surface area contributed by atoms with Crippen LogP contribution in [0.15, 0.2) is 188 Å². The van der Waals surface area contributed by atoms with Crippen molar-refractivity contribution in [3.05, 3.63) is 199 Å². The van der Waals surface area contributed by atoms with E-state index >= 15 is 0 Å². The van der Waals surface area contributed by atoms with Crippen LogP contribution in [-0.4, -0.2) is 0 Å². The molecule has 0 unspecified atom stereocenters. The molecule has 0 atom stereocenters. The Morgan fingerprint density at radius 3 is 1.70 bits per heavy atom. The van der Waals surface area contributed by atoms with Crippen molar-refractivity contribution in [2.75, 3.05) is 4.90 Å². The summed E-state index contributed by atoms with van der Waals surface area (Å²) in [5.74, 6) is 1.70. The minimum absolute atomic E-state index is 0.125. The number of nitrogens with zero attached hydrogens (tertiary/aromatic N) is 1. The summed E-state index contributed by atoms with van der Waals surface area (Å²) in [6, 6.07) is 67.8. The summed E-state index contributed by atoms with van der Waals surface area (Å²) in [4.78, 5) is 2.41. The van der Waals surface area contributed by atoms with Crippen LogP contribution in [0.3, 0.4) is 0 Å². The van der Waals surface area contributed by atoms with Gasteiger partial charge in [0, 0.05) is 33.6 Å². The van der Waals surface area contributed by atoms with E-state index in [1.54, 1.807) is 0 Å². The van der Waals surface area contributed by atoms with E-state index in [4.69, 9.17) is 4.74 Å². The Kier molecular flexibility index (Phi) is 7.19. The molecule has 2 nitrogen and oxygen atoms in total. The molecule has 0 bridgehead atoms. The highest BCUT2D eigenvalue weighted by molar-refractivity contribution is 5.95. The van der Waals surface area contributed by atoms with E-state index in [2.05, 4.69) is 201 Å². The summed E-state index contributed by atoms with van der Waals surface area (Å²) in [6.07, 6.45) is 0. The van der Waals surface area contributed by atoms with Gasteiger partial charge in [-0.2, -0.15) is 0 Å². The van der Waals surface area contributed by atoms with Gasteiger partial charge in [-0.25, -0.2) is 0 Å². The molecule has 2 heteroatoms. The molecule has 0 amide bonds. The van der Waals surface area contributed by atoms with E-state index in [1.807, 2.05) is 6.07 Å². The number of hydrogen-bond acceptors (Lipinski definition) is 2. The first-order chi connectivity index (χ1) is 26.0. The Morgan fingerprint density at radius 1 is 0.340 bits per heavy atom. The highest BCUT2D eigenvalue weighted by Crippen LogP contribution is 2.53. The van der Waals surface area contributed by atoms with Gasteiger partial charge in [-0.15, -0.1) is 0 Å². The van der Waals surface area contributed by atoms with Crippen molar-refractivity contribution in [1.29, 1.82) is 0 Å². The first-order valence-electron chi connectivity index (χ1n) is 18.3. The Morgan fingerprint density at radius 2 is 0.906 bits per heavy atom. The zero-order chi connectivity index (χ0) is 35.5. The zero-order valence-electron chi connectivity index (χ0n) is 29.8. The van der Waals surface area contributed by atoms with Crippen molar-refractivity contribution < 1.29 is 4.74 Å². The molecule has 1 aliphatic heterocycles. The number of ether oxygens (including phenoxy) is 1. The standard InChI is InChI=1S/C51H37NO/c1-51(2)47-22-11-9-20-42(47)43-28-25-40(33-48(43)51)52(38-19-13-18-36(30-38)34-14-5-3-6-15-34)39-26-29-50-46(32-39)45-31-37(35-16-7-4-8-17-35)24-27-41(45)44-21-10-12-23-49(44)53-50/h3-33H,1-2H3. The smallest absolute Gasteiger partial charge is 0.135 e. The Balaban J connectivity index is 1.19. The lowest BCUT2D eigenvalue weighted by Gasteiger charge is -2.29. The highest BCUT2D eigenvalue weighted by atomic mass is 16.5.